The van der Waals surface area contributed by atoms with Crippen LogP contribution in [-0.4, -0.2) is 10.9 Å². The zero-order chi connectivity index (χ0) is 17.3. The molecule has 3 aromatic rings. The number of para-hydroxylation sites is 2. The summed E-state index contributed by atoms with van der Waals surface area (Å²) in [5.41, 5.74) is 4.86. The highest BCUT2D eigenvalue weighted by Gasteiger charge is 2.17. The van der Waals surface area contributed by atoms with Gasteiger partial charge in [0.05, 0.1) is 0 Å². The largest absolute Gasteiger partial charge is 0.351 e. The molecule has 3 nitrogen and oxygen atoms in total. The Morgan fingerprint density at radius 1 is 0.917 bits per heavy atom. The number of H-pyrrole nitrogens is 1. The predicted molar refractivity (Wildman–Crippen MR) is 101 cm³/mol. The molecule has 0 saturated heterocycles. The van der Waals surface area contributed by atoms with Crippen LogP contribution in [0.1, 0.15) is 61.1 Å². The van der Waals surface area contributed by atoms with E-state index in [0.29, 0.717) is 17.5 Å². The summed E-state index contributed by atoms with van der Waals surface area (Å²) in [6, 6.07) is 16.1. The molecule has 2 aromatic carbocycles. The topological polar surface area (TPSA) is 44.9 Å². The molecule has 124 valence electrons. The van der Waals surface area contributed by atoms with E-state index in [1.54, 1.807) is 0 Å². The van der Waals surface area contributed by atoms with Crippen LogP contribution in [0.15, 0.2) is 48.5 Å². The maximum Gasteiger partial charge on any atom is 0.272 e. The Kier molecular flexibility index (Phi) is 4.43. The van der Waals surface area contributed by atoms with Gasteiger partial charge >= 0.3 is 0 Å². The van der Waals surface area contributed by atoms with Gasteiger partial charge in [0.25, 0.3) is 5.91 Å². The smallest absolute Gasteiger partial charge is 0.272 e. The summed E-state index contributed by atoms with van der Waals surface area (Å²) in [6.07, 6.45) is 0. The quantitative estimate of drug-likeness (QED) is 0.639. The van der Waals surface area contributed by atoms with E-state index in [-0.39, 0.29) is 5.91 Å². The average Bonchev–Trinajstić information content (AvgIpc) is 2.98. The highest BCUT2D eigenvalue weighted by atomic mass is 16.1. The van der Waals surface area contributed by atoms with E-state index < -0.39 is 0 Å². The van der Waals surface area contributed by atoms with Crippen molar-refractivity contribution in [3.05, 3.63) is 65.4 Å². The van der Waals surface area contributed by atoms with E-state index in [9.17, 15) is 4.79 Å². The summed E-state index contributed by atoms with van der Waals surface area (Å²) in [4.78, 5) is 16.0. The van der Waals surface area contributed by atoms with Crippen LogP contribution in [0, 0.1) is 0 Å². The van der Waals surface area contributed by atoms with E-state index in [0.717, 1.165) is 16.6 Å². The molecule has 24 heavy (non-hydrogen) atoms. The summed E-state index contributed by atoms with van der Waals surface area (Å²) in [6.45, 7) is 8.60. The number of rotatable bonds is 4. The fourth-order valence-electron chi connectivity index (χ4n) is 3.07. The normalized spacial score (nSPS) is 11.4. The van der Waals surface area contributed by atoms with Gasteiger partial charge < -0.3 is 10.3 Å². The lowest BCUT2D eigenvalue weighted by atomic mass is 9.92. The van der Waals surface area contributed by atoms with Crippen LogP contribution in [0.2, 0.25) is 0 Å². The third kappa shape index (κ3) is 3.07. The first-order valence-electron chi connectivity index (χ1n) is 8.49. The second-order valence-corrected chi connectivity index (χ2v) is 6.85. The molecule has 3 rings (SSSR count). The van der Waals surface area contributed by atoms with Crippen molar-refractivity contribution in [3.8, 4) is 0 Å². The number of aromatic amines is 1. The van der Waals surface area contributed by atoms with Gasteiger partial charge in [-0.25, -0.2) is 0 Å². The summed E-state index contributed by atoms with van der Waals surface area (Å²) in [5.74, 6) is 0.602. The number of fused-ring (bicyclic) bond motifs is 1. The van der Waals surface area contributed by atoms with Crippen LogP contribution in [0.5, 0.6) is 0 Å². The number of hydrogen-bond donors (Lipinski definition) is 2. The molecule has 2 N–H and O–H groups in total. The van der Waals surface area contributed by atoms with Gasteiger partial charge in [-0.3, -0.25) is 4.79 Å². The minimum atomic E-state index is -0.0961. The average molecular weight is 320 g/mol. The number of amides is 1. The molecule has 0 bridgehead atoms. The molecule has 1 aromatic heterocycles. The standard InChI is InChI=1S/C21H24N2O/c1-13(2)16-9-7-10-17(14(3)4)20(16)23-21(24)19-12-15-8-5-6-11-18(15)22-19/h5-14,22H,1-4H3,(H,23,24). The monoisotopic (exact) mass is 320 g/mol. The molecular formula is C21H24N2O. The van der Waals surface area contributed by atoms with Gasteiger partial charge in [-0.1, -0.05) is 64.1 Å². The molecule has 0 atom stereocenters. The van der Waals surface area contributed by atoms with E-state index in [1.165, 1.54) is 11.1 Å². The van der Waals surface area contributed by atoms with E-state index >= 15 is 0 Å². The third-order valence-electron chi connectivity index (χ3n) is 4.39. The van der Waals surface area contributed by atoms with Gasteiger partial charge in [0, 0.05) is 16.6 Å². The van der Waals surface area contributed by atoms with Gasteiger partial charge in [0.15, 0.2) is 0 Å². The molecule has 0 radical (unpaired) electrons. The Morgan fingerprint density at radius 2 is 1.54 bits per heavy atom. The Balaban J connectivity index is 1.99. The first-order valence-corrected chi connectivity index (χ1v) is 8.49. The van der Waals surface area contributed by atoms with Crippen molar-refractivity contribution in [3.63, 3.8) is 0 Å². The molecule has 0 spiro atoms. The van der Waals surface area contributed by atoms with Gasteiger partial charge in [-0.15, -0.1) is 0 Å². The molecular weight excluding hydrogens is 296 g/mol. The van der Waals surface area contributed by atoms with Crippen molar-refractivity contribution in [2.24, 2.45) is 0 Å². The first-order chi connectivity index (χ1) is 11.5. The number of nitrogens with one attached hydrogen (secondary N) is 2. The zero-order valence-electron chi connectivity index (χ0n) is 14.7. The number of benzene rings is 2. The van der Waals surface area contributed by atoms with Crippen molar-refractivity contribution in [1.82, 2.24) is 4.98 Å². The summed E-state index contributed by atoms with van der Waals surface area (Å²) >= 11 is 0. The third-order valence-corrected chi connectivity index (χ3v) is 4.39. The Hall–Kier alpha value is -2.55. The lowest BCUT2D eigenvalue weighted by Crippen LogP contribution is -2.16. The molecule has 0 unspecified atom stereocenters. The van der Waals surface area contributed by atoms with Crippen LogP contribution in [0.25, 0.3) is 10.9 Å². The van der Waals surface area contributed by atoms with Gasteiger partial charge in [0.2, 0.25) is 0 Å². The van der Waals surface area contributed by atoms with Crippen LogP contribution in [-0.2, 0) is 0 Å². The van der Waals surface area contributed by atoms with Crippen LogP contribution in [0.4, 0.5) is 5.69 Å². The highest BCUT2D eigenvalue weighted by molar-refractivity contribution is 6.06. The fourth-order valence-corrected chi connectivity index (χ4v) is 3.07. The van der Waals surface area contributed by atoms with E-state index in [1.807, 2.05) is 30.3 Å². The van der Waals surface area contributed by atoms with Crippen molar-refractivity contribution < 1.29 is 4.79 Å². The lowest BCUT2D eigenvalue weighted by molar-refractivity contribution is 0.102. The second-order valence-electron chi connectivity index (χ2n) is 6.85. The molecule has 0 fully saturated rings. The SMILES string of the molecule is CC(C)c1cccc(C(C)C)c1NC(=O)c1cc2ccccc2[nH]1. The van der Waals surface area contributed by atoms with Crippen LogP contribution >= 0.6 is 0 Å². The Labute approximate surface area is 143 Å². The maximum absolute atomic E-state index is 12.8. The van der Waals surface area contributed by atoms with Crippen molar-refractivity contribution in [2.45, 2.75) is 39.5 Å². The number of carbonyl (C=O) groups excluding carboxylic acids is 1. The number of aromatic nitrogens is 1. The van der Waals surface area contributed by atoms with Gasteiger partial charge in [0.1, 0.15) is 5.69 Å². The number of anilines is 1. The van der Waals surface area contributed by atoms with Gasteiger partial charge in [-0.05, 0) is 35.1 Å². The molecule has 0 aliphatic heterocycles. The molecule has 3 heteroatoms. The van der Waals surface area contributed by atoms with E-state index in [4.69, 9.17) is 0 Å². The summed E-state index contributed by atoms with van der Waals surface area (Å²) in [7, 11) is 0. The number of carbonyl (C=O) groups is 1. The maximum atomic E-state index is 12.8. The highest BCUT2D eigenvalue weighted by Crippen LogP contribution is 2.32. The second kappa shape index (κ2) is 6.52. The predicted octanol–water partition coefficient (Wildman–Crippen LogP) is 5.67. The Bertz CT molecular complexity index is 815. The minimum Gasteiger partial charge on any atom is -0.351 e. The molecule has 1 heterocycles. The molecule has 0 saturated carbocycles. The minimum absolute atomic E-state index is 0.0961. The Morgan fingerprint density at radius 3 is 2.12 bits per heavy atom. The van der Waals surface area contributed by atoms with Crippen molar-refractivity contribution >= 4 is 22.5 Å². The summed E-state index contributed by atoms with van der Waals surface area (Å²) in [5, 5.41) is 4.19. The van der Waals surface area contributed by atoms with Crippen LogP contribution in [0.3, 0.4) is 0 Å². The van der Waals surface area contributed by atoms with Crippen LogP contribution < -0.4 is 5.32 Å². The first kappa shape index (κ1) is 16.3. The molecule has 1 amide bonds. The van der Waals surface area contributed by atoms with E-state index in [2.05, 4.69) is 56.2 Å². The van der Waals surface area contributed by atoms with Crippen molar-refractivity contribution in [2.75, 3.05) is 5.32 Å². The van der Waals surface area contributed by atoms with Gasteiger partial charge in [-0.2, -0.15) is 0 Å². The fraction of sp³-hybridized carbons (Fsp3) is 0.286. The lowest BCUT2D eigenvalue weighted by Gasteiger charge is -2.20. The number of hydrogen-bond acceptors (Lipinski definition) is 1. The zero-order valence-corrected chi connectivity index (χ0v) is 14.7. The van der Waals surface area contributed by atoms with Crippen molar-refractivity contribution in [1.29, 1.82) is 0 Å². The molecule has 0 aliphatic rings. The molecule has 0 aliphatic carbocycles. The summed E-state index contributed by atoms with van der Waals surface area (Å²) < 4.78 is 0.